The Morgan fingerprint density at radius 1 is 1.67 bits per heavy atom. The number of rotatable bonds is 4. The van der Waals surface area contributed by atoms with Gasteiger partial charge in [-0.2, -0.15) is 0 Å². The maximum absolute atomic E-state index is 5.64. The summed E-state index contributed by atoms with van der Waals surface area (Å²) in [5.41, 5.74) is 6.30. The molecule has 0 aliphatic rings. The Balaban J connectivity index is 2.46. The van der Waals surface area contributed by atoms with Crippen LogP contribution in [0.15, 0.2) is 18.3 Å². The lowest BCUT2D eigenvalue weighted by atomic mass is 10.4. The lowest BCUT2D eigenvalue weighted by Gasteiger charge is -2.06. The third kappa shape index (κ3) is 2.39. The second kappa shape index (κ2) is 4.56. The van der Waals surface area contributed by atoms with Crippen molar-refractivity contribution >= 4 is 11.5 Å². The van der Waals surface area contributed by atoms with E-state index < -0.39 is 0 Å². The van der Waals surface area contributed by atoms with Crippen molar-refractivity contribution < 1.29 is 4.74 Å². The van der Waals surface area contributed by atoms with Crippen LogP contribution in [0.4, 0.5) is 11.5 Å². The zero-order valence-electron chi connectivity index (χ0n) is 7.08. The molecule has 0 spiro atoms. The lowest BCUT2D eigenvalue weighted by molar-refractivity contribution is 0.210. The smallest absolute Gasteiger partial charge is 0.149 e. The fourth-order valence-corrected chi connectivity index (χ4v) is 0.837. The van der Waals surface area contributed by atoms with Crippen LogP contribution in [-0.4, -0.2) is 25.2 Å². The monoisotopic (exact) mass is 167 g/mol. The standard InChI is InChI=1S/C8H13N3O/c1-12-6-5-11-8-7(9)3-2-4-10-8/h2-4H,5-6,9H2,1H3,(H,10,11). The van der Waals surface area contributed by atoms with Crippen molar-refractivity contribution in [3.8, 4) is 0 Å². The van der Waals surface area contributed by atoms with Gasteiger partial charge < -0.3 is 15.8 Å². The highest BCUT2D eigenvalue weighted by Crippen LogP contribution is 2.11. The second-order valence-electron chi connectivity index (χ2n) is 2.36. The van der Waals surface area contributed by atoms with Crippen LogP contribution in [0.2, 0.25) is 0 Å². The summed E-state index contributed by atoms with van der Waals surface area (Å²) in [7, 11) is 1.66. The van der Waals surface area contributed by atoms with Gasteiger partial charge in [-0.1, -0.05) is 0 Å². The molecule has 66 valence electrons. The number of nitrogens with zero attached hydrogens (tertiary/aromatic N) is 1. The van der Waals surface area contributed by atoms with Crippen LogP contribution in [0, 0.1) is 0 Å². The van der Waals surface area contributed by atoms with E-state index in [9.17, 15) is 0 Å². The summed E-state index contributed by atoms with van der Waals surface area (Å²) in [5, 5.41) is 3.05. The topological polar surface area (TPSA) is 60.2 Å². The molecule has 0 saturated carbocycles. The number of nitrogens with one attached hydrogen (secondary N) is 1. The fourth-order valence-electron chi connectivity index (χ4n) is 0.837. The van der Waals surface area contributed by atoms with Crippen LogP contribution in [0.3, 0.4) is 0 Å². The number of aromatic nitrogens is 1. The Hall–Kier alpha value is -1.29. The van der Waals surface area contributed by atoms with Crippen LogP contribution < -0.4 is 11.1 Å². The van der Waals surface area contributed by atoms with Gasteiger partial charge in [-0.25, -0.2) is 4.98 Å². The number of ether oxygens (including phenoxy) is 1. The summed E-state index contributed by atoms with van der Waals surface area (Å²) in [6.45, 7) is 1.37. The Bertz CT molecular complexity index is 239. The van der Waals surface area contributed by atoms with Crippen LogP contribution in [0.5, 0.6) is 0 Å². The molecule has 0 atom stereocenters. The molecule has 1 aromatic heterocycles. The summed E-state index contributed by atoms with van der Waals surface area (Å²) in [6, 6.07) is 3.61. The van der Waals surface area contributed by atoms with E-state index in [1.54, 1.807) is 19.4 Å². The molecule has 1 rings (SSSR count). The molecule has 4 nitrogen and oxygen atoms in total. The van der Waals surface area contributed by atoms with Crippen LogP contribution >= 0.6 is 0 Å². The van der Waals surface area contributed by atoms with Crippen molar-refractivity contribution in [3.05, 3.63) is 18.3 Å². The molecule has 0 aliphatic heterocycles. The molecule has 0 radical (unpaired) electrons. The minimum Gasteiger partial charge on any atom is -0.396 e. The van der Waals surface area contributed by atoms with Crippen LogP contribution in [0.1, 0.15) is 0 Å². The summed E-state index contributed by atoms with van der Waals surface area (Å²) in [5.74, 6) is 0.717. The number of pyridine rings is 1. The molecular weight excluding hydrogens is 154 g/mol. The largest absolute Gasteiger partial charge is 0.396 e. The zero-order chi connectivity index (χ0) is 8.81. The SMILES string of the molecule is COCCNc1ncccc1N. The van der Waals surface area contributed by atoms with E-state index in [-0.39, 0.29) is 0 Å². The van der Waals surface area contributed by atoms with Crippen molar-refractivity contribution in [2.45, 2.75) is 0 Å². The van der Waals surface area contributed by atoms with Gasteiger partial charge in [-0.3, -0.25) is 0 Å². The van der Waals surface area contributed by atoms with Crippen molar-refractivity contribution in [1.29, 1.82) is 0 Å². The van der Waals surface area contributed by atoms with Crippen molar-refractivity contribution in [1.82, 2.24) is 4.98 Å². The van der Waals surface area contributed by atoms with E-state index in [1.165, 1.54) is 0 Å². The fraction of sp³-hybridized carbons (Fsp3) is 0.375. The van der Waals surface area contributed by atoms with Gasteiger partial charge >= 0.3 is 0 Å². The maximum Gasteiger partial charge on any atom is 0.149 e. The summed E-state index contributed by atoms with van der Waals surface area (Å²) >= 11 is 0. The Morgan fingerprint density at radius 3 is 3.17 bits per heavy atom. The van der Waals surface area contributed by atoms with Crippen molar-refractivity contribution in [2.24, 2.45) is 0 Å². The predicted molar refractivity (Wildman–Crippen MR) is 49.0 cm³/mol. The van der Waals surface area contributed by atoms with Gasteiger partial charge in [0.25, 0.3) is 0 Å². The summed E-state index contributed by atoms with van der Waals surface area (Å²) in [6.07, 6.45) is 1.70. The molecular formula is C8H13N3O. The number of nitrogen functional groups attached to an aromatic ring is 1. The normalized spacial score (nSPS) is 9.75. The second-order valence-corrected chi connectivity index (χ2v) is 2.36. The van der Waals surface area contributed by atoms with E-state index in [4.69, 9.17) is 10.5 Å². The average molecular weight is 167 g/mol. The highest BCUT2D eigenvalue weighted by molar-refractivity contribution is 5.60. The average Bonchev–Trinajstić information content (AvgIpc) is 2.09. The van der Waals surface area contributed by atoms with Gasteiger partial charge in [-0.05, 0) is 12.1 Å². The van der Waals surface area contributed by atoms with Gasteiger partial charge in [0.15, 0.2) is 0 Å². The van der Waals surface area contributed by atoms with E-state index >= 15 is 0 Å². The molecule has 0 aromatic carbocycles. The third-order valence-electron chi connectivity index (χ3n) is 1.44. The summed E-state index contributed by atoms with van der Waals surface area (Å²) < 4.78 is 4.87. The molecule has 3 N–H and O–H groups in total. The highest BCUT2D eigenvalue weighted by Gasteiger charge is 1.95. The Kier molecular flexibility index (Phi) is 3.35. The van der Waals surface area contributed by atoms with Crippen LogP contribution in [-0.2, 0) is 4.74 Å². The Morgan fingerprint density at radius 2 is 2.50 bits per heavy atom. The van der Waals surface area contributed by atoms with E-state index in [0.717, 1.165) is 12.4 Å². The first-order chi connectivity index (χ1) is 5.84. The van der Waals surface area contributed by atoms with Gasteiger partial charge in [0.2, 0.25) is 0 Å². The minimum absolute atomic E-state index is 0.649. The molecule has 0 saturated heterocycles. The molecule has 0 unspecified atom stereocenters. The number of methoxy groups -OCH3 is 1. The first kappa shape index (κ1) is 8.80. The molecule has 4 heteroatoms. The first-order valence-corrected chi connectivity index (χ1v) is 3.78. The maximum atomic E-state index is 5.64. The van der Waals surface area contributed by atoms with Gasteiger partial charge in [-0.15, -0.1) is 0 Å². The van der Waals surface area contributed by atoms with Gasteiger partial charge in [0.05, 0.1) is 12.3 Å². The Labute approximate surface area is 71.7 Å². The van der Waals surface area contributed by atoms with Crippen LogP contribution in [0.25, 0.3) is 0 Å². The number of nitrogens with two attached hydrogens (primary N) is 1. The predicted octanol–water partition coefficient (Wildman–Crippen LogP) is 0.722. The zero-order valence-corrected chi connectivity index (χ0v) is 7.08. The van der Waals surface area contributed by atoms with Crippen molar-refractivity contribution in [3.63, 3.8) is 0 Å². The third-order valence-corrected chi connectivity index (χ3v) is 1.44. The molecule has 0 bridgehead atoms. The van der Waals surface area contributed by atoms with Crippen molar-refractivity contribution in [2.75, 3.05) is 31.3 Å². The molecule has 1 aromatic rings. The number of anilines is 2. The van der Waals surface area contributed by atoms with Gasteiger partial charge in [0.1, 0.15) is 5.82 Å². The van der Waals surface area contributed by atoms with E-state index in [1.807, 2.05) is 6.07 Å². The first-order valence-electron chi connectivity index (χ1n) is 3.78. The van der Waals surface area contributed by atoms with E-state index in [2.05, 4.69) is 10.3 Å². The van der Waals surface area contributed by atoms with Gasteiger partial charge in [0, 0.05) is 19.9 Å². The molecule has 1 heterocycles. The number of hydrogen-bond donors (Lipinski definition) is 2. The summed E-state index contributed by atoms with van der Waals surface area (Å²) in [4.78, 5) is 4.06. The minimum atomic E-state index is 0.649. The highest BCUT2D eigenvalue weighted by atomic mass is 16.5. The molecule has 0 aliphatic carbocycles. The number of hydrogen-bond acceptors (Lipinski definition) is 4. The van der Waals surface area contributed by atoms with E-state index in [0.29, 0.717) is 12.3 Å². The molecule has 12 heavy (non-hydrogen) atoms. The lowest BCUT2D eigenvalue weighted by Crippen LogP contribution is -2.10. The quantitative estimate of drug-likeness (QED) is 0.649. The molecule has 0 amide bonds. The molecule has 0 fully saturated rings.